The number of amides is 1. The van der Waals surface area contributed by atoms with Crippen molar-refractivity contribution >= 4 is 11.6 Å². The highest BCUT2D eigenvalue weighted by atomic mass is 19.3. The predicted octanol–water partition coefficient (Wildman–Crippen LogP) is 3.38. The van der Waals surface area contributed by atoms with Crippen molar-refractivity contribution in [3.63, 3.8) is 0 Å². The van der Waals surface area contributed by atoms with Crippen LogP contribution in [0.4, 0.5) is 23.2 Å². The number of halogens is 4. The van der Waals surface area contributed by atoms with Gasteiger partial charge >= 0.3 is 5.92 Å². The van der Waals surface area contributed by atoms with Gasteiger partial charge < -0.3 is 10.4 Å². The third-order valence-corrected chi connectivity index (χ3v) is 5.32. The van der Waals surface area contributed by atoms with Gasteiger partial charge in [-0.1, -0.05) is 11.8 Å². The number of pyridine rings is 1. The van der Waals surface area contributed by atoms with E-state index in [2.05, 4.69) is 37.7 Å². The highest BCUT2D eigenvalue weighted by Crippen LogP contribution is 2.46. The van der Waals surface area contributed by atoms with Gasteiger partial charge in [-0.25, -0.2) is 13.5 Å². The van der Waals surface area contributed by atoms with Crippen LogP contribution in [-0.4, -0.2) is 36.2 Å². The topological polar surface area (TPSA) is 106 Å². The second-order valence-corrected chi connectivity index (χ2v) is 8.01. The highest BCUT2D eigenvalue weighted by Gasteiger charge is 2.57. The van der Waals surface area contributed by atoms with Crippen molar-refractivity contribution in [3.8, 4) is 11.8 Å². The molecule has 2 heterocycles. The molecule has 8 nitrogen and oxygen atoms in total. The number of hydrogen-bond acceptors (Lipinski definition) is 6. The second kappa shape index (κ2) is 10.2. The smallest absolute Gasteiger partial charge is 0.323 e. The first kappa shape index (κ1) is 25.5. The number of aromatic nitrogens is 5. The molecule has 2 aromatic carbocycles. The van der Waals surface area contributed by atoms with Crippen LogP contribution in [0.2, 0.25) is 0 Å². The molecule has 0 bridgehead atoms. The Morgan fingerprint density at radius 3 is 2.35 bits per heavy atom. The van der Waals surface area contributed by atoms with Crippen LogP contribution in [0.25, 0.3) is 0 Å². The summed E-state index contributed by atoms with van der Waals surface area (Å²) < 4.78 is 60.3. The lowest BCUT2D eigenvalue weighted by atomic mass is 9.84. The fourth-order valence-corrected chi connectivity index (χ4v) is 3.52. The summed E-state index contributed by atoms with van der Waals surface area (Å²) in [6.45, 7) is 0.435. The van der Waals surface area contributed by atoms with E-state index in [0.717, 1.165) is 35.4 Å². The molecule has 1 atom stereocenters. The summed E-state index contributed by atoms with van der Waals surface area (Å²) in [7, 11) is 0. The number of aliphatic hydroxyl groups is 1. The van der Waals surface area contributed by atoms with Gasteiger partial charge in [0.05, 0.1) is 6.54 Å². The number of benzene rings is 2. The first-order chi connectivity index (χ1) is 17.6. The number of hydrogen-bond donors (Lipinski definition) is 2. The SMILES string of the molecule is CC(=O)Nc1ccc(C#Cc2ccc(C(F)(F)C(O)(Cn3cnnn3)c3ccc(F)cc3F)nc2)cc1. The van der Waals surface area contributed by atoms with Crippen LogP contribution in [0.1, 0.15) is 29.3 Å². The number of carbonyl (C=O) groups excluding carboxylic acids is 1. The average Bonchev–Trinajstić information content (AvgIpc) is 3.36. The first-order valence-corrected chi connectivity index (χ1v) is 10.7. The monoisotopic (exact) mass is 510 g/mol. The first-order valence-electron chi connectivity index (χ1n) is 10.7. The second-order valence-electron chi connectivity index (χ2n) is 8.01. The van der Waals surface area contributed by atoms with E-state index in [-0.39, 0.29) is 5.91 Å². The maximum Gasteiger partial charge on any atom is 0.323 e. The zero-order valence-corrected chi connectivity index (χ0v) is 19.2. The van der Waals surface area contributed by atoms with Crippen molar-refractivity contribution in [3.05, 3.63) is 101 Å². The van der Waals surface area contributed by atoms with Crippen molar-refractivity contribution in [1.82, 2.24) is 25.2 Å². The lowest BCUT2D eigenvalue weighted by molar-refractivity contribution is -0.207. The molecule has 1 unspecified atom stereocenters. The summed E-state index contributed by atoms with van der Waals surface area (Å²) in [5, 5.41) is 24.0. The zero-order valence-electron chi connectivity index (χ0n) is 19.2. The number of nitrogens with one attached hydrogen (secondary N) is 1. The lowest BCUT2D eigenvalue weighted by Crippen LogP contribution is -2.48. The molecule has 4 aromatic rings. The van der Waals surface area contributed by atoms with Crippen LogP contribution in [-0.2, 0) is 22.9 Å². The Hall–Kier alpha value is -4.63. The molecule has 188 valence electrons. The van der Waals surface area contributed by atoms with E-state index in [1.54, 1.807) is 24.3 Å². The minimum Gasteiger partial charge on any atom is -0.377 e. The normalized spacial score (nSPS) is 12.8. The molecule has 0 aliphatic heterocycles. The third-order valence-electron chi connectivity index (χ3n) is 5.32. The molecule has 0 aliphatic carbocycles. The quantitative estimate of drug-likeness (QED) is 0.304. The van der Waals surface area contributed by atoms with Crippen LogP contribution in [0.15, 0.2) is 67.1 Å². The van der Waals surface area contributed by atoms with E-state index in [1.165, 1.54) is 13.0 Å². The molecule has 0 spiro atoms. The Labute approximate surface area is 208 Å². The van der Waals surface area contributed by atoms with Gasteiger partial charge in [-0.2, -0.15) is 8.78 Å². The molecular weight excluding hydrogens is 492 g/mol. The molecular formula is C25H18F4N6O2. The van der Waals surface area contributed by atoms with Gasteiger partial charge in [-0.15, -0.1) is 5.10 Å². The molecule has 0 saturated heterocycles. The van der Waals surface area contributed by atoms with Crippen LogP contribution < -0.4 is 5.32 Å². The van der Waals surface area contributed by atoms with Gasteiger partial charge in [0, 0.05) is 41.6 Å². The van der Waals surface area contributed by atoms with Crippen molar-refractivity contribution in [2.45, 2.75) is 25.0 Å². The van der Waals surface area contributed by atoms with Crippen LogP contribution in [0.5, 0.6) is 0 Å². The molecule has 0 aliphatic rings. The summed E-state index contributed by atoms with van der Waals surface area (Å²) in [5.41, 5.74) is -3.47. The number of rotatable bonds is 6. The number of alkyl halides is 2. The number of tetrazole rings is 1. The number of nitrogens with zero attached hydrogens (tertiary/aromatic N) is 5. The molecule has 0 radical (unpaired) electrons. The van der Waals surface area contributed by atoms with Crippen molar-refractivity contribution in [1.29, 1.82) is 0 Å². The fourth-order valence-electron chi connectivity index (χ4n) is 3.52. The van der Waals surface area contributed by atoms with E-state index in [9.17, 15) is 18.7 Å². The molecule has 12 heteroatoms. The summed E-state index contributed by atoms with van der Waals surface area (Å²) in [6, 6.07) is 10.8. The molecule has 37 heavy (non-hydrogen) atoms. The third kappa shape index (κ3) is 5.46. The van der Waals surface area contributed by atoms with Crippen molar-refractivity contribution in [2.24, 2.45) is 0 Å². The Bertz CT molecular complexity index is 1470. The largest absolute Gasteiger partial charge is 0.377 e. The molecule has 2 N–H and O–H groups in total. The van der Waals surface area contributed by atoms with Gasteiger partial charge in [-0.3, -0.25) is 9.78 Å². The van der Waals surface area contributed by atoms with E-state index in [1.807, 2.05) is 0 Å². The zero-order chi connectivity index (χ0) is 26.6. The standard InChI is InChI=1S/C25H18F4N6O2/c1-16(36)32-20-8-4-17(5-9-20)2-3-18-6-11-23(30-13-18)25(28,29)24(37,14-35-15-31-33-34-35)21-10-7-19(26)12-22(21)27/h4-13,15,37H,14H2,1H3,(H,32,36). The van der Waals surface area contributed by atoms with E-state index in [0.29, 0.717) is 22.9 Å². The van der Waals surface area contributed by atoms with Gasteiger partial charge in [0.1, 0.15) is 23.7 Å². The Morgan fingerprint density at radius 1 is 1.05 bits per heavy atom. The Morgan fingerprint density at radius 2 is 1.76 bits per heavy atom. The molecule has 1 amide bonds. The van der Waals surface area contributed by atoms with Crippen molar-refractivity contribution in [2.75, 3.05) is 5.32 Å². The average molecular weight is 510 g/mol. The highest BCUT2D eigenvalue weighted by molar-refractivity contribution is 5.88. The predicted molar refractivity (Wildman–Crippen MR) is 123 cm³/mol. The summed E-state index contributed by atoms with van der Waals surface area (Å²) in [5.74, 6) is -1.12. The Balaban J connectivity index is 1.64. The maximum absolute atomic E-state index is 15.8. The number of anilines is 1. The summed E-state index contributed by atoms with van der Waals surface area (Å²) >= 11 is 0. The molecule has 0 saturated carbocycles. The maximum atomic E-state index is 15.8. The summed E-state index contributed by atoms with van der Waals surface area (Å²) in [4.78, 5) is 14.9. The van der Waals surface area contributed by atoms with E-state index < -0.39 is 41.0 Å². The van der Waals surface area contributed by atoms with Crippen LogP contribution >= 0.6 is 0 Å². The molecule has 4 rings (SSSR count). The molecule has 0 fully saturated rings. The minimum atomic E-state index is -4.16. The van der Waals surface area contributed by atoms with Crippen LogP contribution in [0, 0.1) is 23.5 Å². The van der Waals surface area contributed by atoms with E-state index >= 15 is 8.78 Å². The van der Waals surface area contributed by atoms with Crippen molar-refractivity contribution < 1.29 is 27.5 Å². The van der Waals surface area contributed by atoms with E-state index in [4.69, 9.17) is 0 Å². The number of carbonyl (C=O) groups is 1. The fraction of sp³-hybridized carbons (Fsp3) is 0.160. The minimum absolute atomic E-state index is 0.214. The van der Waals surface area contributed by atoms with Crippen LogP contribution in [0.3, 0.4) is 0 Å². The van der Waals surface area contributed by atoms with Gasteiger partial charge in [0.15, 0.2) is 5.60 Å². The Kier molecular flexibility index (Phi) is 6.99. The lowest BCUT2D eigenvalue weighted by Gasteiger charge is -2.35. The van der Waals surface area contributed by atoms with Gasteiger partial charge in [0.25, 0.3) is 0 Å². The molecule has 2 aromatic heterocycles. The van der Waals surface area contributed by atoms with Gasteiger partial charge in [0.2, 0.25) is 5.91 Å². The van der Waals surface area contributed by atoms with Gasteiger partial charge in [-0.05, 0) is 59.0 Å². The summed E-state index contributed by atoms with van der Waals surface area (Å²) in [6.07, 6.45) is 2.05.